The molecule has 1 amide bonds. The van der Waals surface area contributed by atoms with Crippen LogP contribution in [0.2, 0.25) is 0 Å². The molecule has 5 nitrogen and oxygen atoms in total. The van der Waals surface area contributed by atoms with E-state index in [2.05, 4.69) is 5.32 Å². The third kappa shape index (κ3) is 6.66. The lowest BCUT2D eigenvalue weighted by Crippen LogP contribution is -2.51. The lowest BCUT2D eigenvalue weighted by atomic mass is 10.0. The van der Waals surface area contributed by atoms with Crippen LogP contribution in [0.3, 0.4) is 0 Å². The summed E-state index contributed by atoms with van der Waals surface area (Å²) in [6, 6.07) is 0.154. The molecule has 5 heteroatoms. The van der Waals surface area contributed by atoms with E-state index >= 15 is 0 Å². The van der Waals surface area contributed by atoms with Crippen LogP contribution in [0.15, 0.2) is 0 Å². The van der Waals surface area contributed by atoms with Crippen molar-refractivity contribution < 1.29 is 14.6 Å². The van der Waals surface area contributed by atoms with Gasteiger partial charge in [-0.25, -0.2) is 4.79 Å². The lowest BCUT2D eigenvalue weighted by molar-refractivity contribution is 0.00856. The van der Waals surface area contributed by atoms with E-state index in [9.17, 15) is 9.90 Å². The average Bonchev–Trinajstić information content (AvgIpc) is 2.37. The Balaban J connectivity index is 2.51. The lowest BCUT2D eigenvalue weighted by Gasteiger charge is -2.37. The first-order chi connectivity index (χ1) is 9.64. The van der Waals surface area contributed by atoms with Crippen LogP contribution in [0, 0.1) is 0 Å². The van der Waals surface area contributed by atoms with Gasteiger partial charge >= 0.3 is 6.09 Å². The summed E-state index contributed by atoms with van der Waals surface area (Å²) in [5.74, 6) is 0. The molecule has 2 N–H and O–H groups in total. The summed E-state index contributed by atoms with van der Waals surface area (Å²) in [5, 5.41) is 13.3. The Morgan fingerprint density at radius 3 is 2.57 bits per heavy atom. The van der Waals surface area contributed by atoms with Gasteiger partial charge in [-0.3, -0.25) is 0 Å². The van der Waals surface area contributed by atoms with Gasteiger partial charge in [0.2, 0.25) is 0 Å². The van der Waals surface area contributed by atoms with Crippen LogP contribution in [-0.2, 0) is 4.74 Å². The van der Waals surface area contributed by atoms with Crippen LogP contribution in [0.4, 0.5) is 4.79 Å². The summed E-state index contributed by atoms with van der Waals surface area (Å²) in [4.78, 5) is 14.1. The first-order valence-electron chi connectivity index (χ1n) is 8.07. The van der Waals surface area contributed by atoms with Crippen LogP contribution in [-0.4, -0.2) is 53.0 Å². The molecule has 2 unspecified atom stereocenters. The van der Waals surface area contributed by atoms with Crippen molar-refractivity contribution in [2.75, 3.05) is 19.6 Å². The molecule has 0 saturated carbocycles. The van der Waals surface area contributed by atoms with Gasteiger partial charge in [0, 0.05) is 25.7 Å². The first-order valence-corrected chi connectivity index (χ1v) is 8.07. The van der Waals surface area contributed by atoms with E-state index in [1.54, 1.807) is 0 Å². The van der Waals surface area contributed by atoms with Crippen molar-refractivity contribution in [2.45, 2.75) is 77.5 Å². The normalized spacial score (nSPS) is 22.8. The number of rotatable bonds is 5. The number of nitrogens with zero attached hydrogens (tertiary/aromatic N) is 1. The highest BCUT2D eigenvalue weighted by Crippen LogP contribution is 2.20. The predicted molar refractivity (Wildman–Crippen MR) is 84.4 cm³/mol. The zero-order chi connectivity index (χ0) is 16.1. The Morgan fingerprint density at radius 1 is 1.33 bits per heavy atom. The van der Waals surface area contributed by atoms with Crippen molar-refractivity contribution in [3.05, 3.63) is 0 Å². The summed E-state index contributed by atoms with van der Waals surface area (Å²) in [6.07, 6.45) is 3.63. The maximum Gasteiger partial charge on any atom is 0.410 e. The Hall–Kier alpha value is -0.810. The molecule has 0 aliphatic carbocycles. The number of aliphatic hydroxyl groups is 1. The number of likely N-dealkylation sites (tertiary alicyclic amines) is 1. The molecule has 2 atom stereocenters. The molecular weight excluding hydrogens is 268 g/mol. The molecule has 1 heterocycles. The predicted octanol–water partition coefficient (Wildman–Crippen LogP) is 2.53. The minimum absolute atomic E-state index is 0.154. The Morgan fingerprint density at radius 2 is 2.00 bits per heavy atom. The van der Waals surface area contributed by atoms with E-state index < -0.39 is 11.2 Å². The third-order valence-electron chi connectivity index (χ3n) is 3.90. The van der Waals surface area contributed by atoms with Crippen LogP contribution >= 0.6 is 0 Å². The largest absolute Gasteiger partial charge is 0.444 e. The molecule has 0 radical (unpaired) electrons. The fourth-order valence-electron chi connectivity index (χ4n) is 2.41. The van der Waals surface area contributed by atoms with E-state index in [4.69, 9.17) is 4.74 Å². The molecule has 1 saturated heterocycles. The molecule has 1 aliphatic heterocycles. The number of carbonyl (C=O) groups is 1. The molecule has 1 fully saturated rings. The van der Waals surface area contributed by atoms with Crippen molar-refractivity contribution in [3.63, 3.8) is 0 Å². The highest BCUT2D eigenvalue weighted by molar-refractivity contribution is 5.68. The minimum atomic E-state index is -0.689. The Kier molecular flexibility index (Phi) is 6.47. The topological polar surface area (TPSA) is 61.8 Å². The molecule has 0 aromatic rings. The highest BCUT2D eigenvalue weighted by atomic mass is 16.6. The second-order valence-corrected chi connectivity index (χ2v) is 7.30. The SMILES string of the molecule is CCC(C)(O)CNCC1CCCCN1C(=O)OC(C)(C)C. The minimum Gasteiger partial charge on any atom is -0.444 e. The van der Waals surface area contributed by atoms with Crippen molar-refractivity contribution in [1.29, 1.82) is 0 Å². The second-order valence-electron chi connectivity index (χ2n) is 7.30. The number of nitrogens with one attached hydrogen (secondary N) is 1. The fraction of sp³-hybridized carbons (Fsp3) is 0.938. The standard InChI is InChI=1S/C16H32N2O3/c1-6-16(5,20)12-17-11-13-9-7-8-10-18(13)14(19)21-15(2,3)4/h13,17,20H,6-12H2,1-5H3. The molecule has 0 spiro atoms. The summed E-state index contributed by atoms with van der Waals surface area (Å²) in [5.41, 5.74) is -1.15. The maximum atomic E-state index is 12.3. The number of ether oxygens (including phenoxy) is 1. The fourth-order valence-corrected chi connectivity index (χ4v) is 2.41. The highest BCUT2D eigenvalue weighted by Gasteiger charge is 2.30. The average molecular weight is 300 g/mol. The Labute approximate surface area is 129 Å². The van der Waals surface area contributed by atoms with E-state index in [1.165, 1.54) is 0 Å². The van der Waals surface area contributed by atoms with Crippen molar-refractivity contribution >= 4 is 6.09 Å². The molecule has 0 aromatic heterocycles. The summed E-state index contributed by atoms with van der Waals surface area (Å²) < 4.78 is 5.49. The maximum absolute atomic E-state index is 12.3. The smallest absolute Gasteiger partial charge is 0.410 e. The molecule has 21 heavy (non-hydrogen) atoms. The molecule has 1 aliphatic rings. The van der Waals surface area contributed by atoms with E-state index in [1.807, 2.05) is 39.5 Å². The third-order valence-corrected chi connectivity index (χ3v) is 3.90. The Bertz CT molecular complexity index is 337. The number of hydrogen-bond donors (Lipinski definition) is 2. The van der Waals surface area contributed by atoms with Gasteiger partial charge in [0.1, 0.15) is 5.60 Å². The molecule has 1 rings (SSSR count). The van der Waals surface area contributed by atoms with E-state index in [0.717, 1.165) is 25.8 Å². The van der Waals surface area contributed by atoms with Crippen LogP contribution in [0.25, 0.3) is 0 Å². The summed E-state index contributed by atoms with van der Waals surface area (Å²) in [6.45, 7) is 11.5. The van der Waals surface area contributed by atoms with Crippen LogP contribution < -0.4 is 5.32 Å². The second kappa shape index (κ2) is 7.45. The van der Waals surface area contributed by atoms with Gasteiger partial charge in [0.15, 0.2) is 0 Å². The van der Waals surface area contributed by atoms with Crippen molar-refractivity contribution in [1.82, 2.24) is 10.2 Å². The van der Waals surface area contributed by atoms with Gasteiger partial charge in [-0.15, -0.1) is 0 Å². The quantitative estimate of drug-likeness (QED) is 0.819. The van der Waals surface area contributed by atoms with E-state index in [0.29, 0.717) is 19.5 Å². The molecule has 0 aromatic carbocycles. The summed E-state index contributed by atoms with van der Waals surface area (Å²) in [7, 11) is 0. The molecular formula is C16H32N2O3. The van der Waals surface area contributed by atoms with Gasteiger partial charge in [-0.1, -0.05) is 6.92 Å². The first kappa shape index (κ1) is 18.2. The van der Waals surface area contributed by atoms with E-state index in [-0.39, 0.29) is 12.1 Å². The molecule has 124 valence electrons. The van der Waals surface area contributed by atoms with Crippen molar-refractivity contribution in [3.8, 4) is 0 Å². The van der Waals surface area contributed by atoms with Crippen LogP contribution in [0.1, 0.15) is 60.3 Å². The van der Waals surface area contributed by atoms with Crippen LogP contribution in [0.5, 0.6) is 0 Å². The van der Waals surface area contributed by atoms with Gasteiger partial charge in [0.05, 0.1) is 5.60 Å². The van der Waals surface area contributed by atoms with Gasteiger partial charge < -0.3 is 20.1 Å². The summed E-state index contributed by atoms with van der Waals surface area (Å²) >= 11 is 0. The van der Waals surface area contributed by atoms with Gasteiger partial charge in [0.25, 0.3) is 0 Å². The van der Waals surface area contributed by atoms with Gasteiger partial charge in [-0.05, 0) is 53.4 Å². The number of carbonyl (C=O) groups excluding carboxylic acids is 1. The van der Waals surface area contributed by atoms with Gasteiger partial charge in [-0.2, -0.15) is 0 Å². The number of hydrogen-bond acceptors (Lipinski definition) is 4. The zero-order valence-electron chi connectivity index (χ0n) is 14.2. The number of piperidine rings is 1. The van der Waals surface area contributed by atoms with Crippen molar-refractivity contribution in [2.24, 2.45) is 0 Å². The number of amides is 1. The zero-order valence-corrected chi connectivity index (χ0v) is 14.2. The monoisotopic (exact) mass is 300 g/mol. The molecule has 0 bridgehead atoms.